The highest BCUT2D eigenvalue weighted by Gasteiger charge is 2.50. The van der Waals surface area contributed by atoms with Gasteiger partial charge in [-0.15, -0.1) is 0 Å². The fraction of sp³-hybridized carbons (Fsp3) is 0.600. The molecule has 3 rings (SSSR count). The summed E-state index contributed by atoms with van der Waals surface area (Å²) >= 11 is 0. The van der Waals surface area contributed by atoms with Gasteiger partial charge in [-0.3, -0.25) is 0 Å². The van der Waals surface area contributed by atoms with E-state index in [-0.39, 0.29) is 11.3 Å². The van der Waals surface area contributed by atoms with E-state index in [0.717, 1.165) is 32.1 Å². The smallest absolute Gasteiger partial charge is 0.0895 e. The van der Waals surface area contributed by atoms with Crippen LogP contribution < -0.4 is 0 Å². The van der Waals surface area contributed by atoms with E-state index in [2.05, 4.69) is 55.5 Å². The van der Waals surface area contributed by atoms with Crippen LogP contribution in [0, 0.1) is 17.3 Å². The molecule has 1 aromatic rings. The molecule has 2 heteroatoms. The average Bonchev–Trinajstić information content (AvgIpc) is 2.72. The number of rotatable bonds is 7. The largest absolute Gasteiger partial charge is 0.391 e. The highest BCUT2D eigenvalue weighted by Crippen LogP contribution is 2.53. The van der Waals surface area contributed by atoms with E-state index in [4.69, 9.17) is 0 Å². The summed E-state index contributed by atoms with van der Waals surface area (Å²) in [6.07, 6.45) is 14.9. The Balaban J connectivity index is 2.02. The third-order valence-electron chi connectivity index (χ3n) is 6.83. The number of unbranched alkanes of at least 4 members (excludes halogenated alkanes) is 1. The molecular formula is C25H36O2. The molecule has 4 atom stereocenters. The maximum atomic E-state index is 11.3. The Morgan fingerprint density at radius 2 is 1.78 bits per heavy atom. The van der Waals surface area contributed by atoms with Gasteiger partial charge in [0.25, 0.3) is 0 Å². The molecule has 0 aliphatic heterocycles. The average molecular weight is 369 g/mol. The number of hydrogen-bond donors (Lipinski definition) is 2. The topological polar surface area (TPSA) is 40.5 Å². The fourth-order valence-electron chi connectivity index (χ4n) is 5.37. The molecule has 148 valence electrons. The van der Waals surface area contributed by atoms with Gasteiger partial charge in [0.2, 0.25) is 0 Å². The second-order valence-corrected chi connectivity index (χ2v) is 8.59. The number of allylic oxidation sites excluding steroid dienone is 3. The molecular weight excluding hydrogens is 332 g/mol. The van der Waals surface area contributed by atoms with Crippen molar-refractivity contribution in [2.45, 2.75) is 77.4 Å². The minimum Gasteiger partial charge on any atom is -0.391 e. The van der Waals surface area contributed by atoms with Crippen molar-refractivity contribution in [1.29, 1.82) is 0 Å². The van der Waals surface area contributed by atoms with Crippen LogP contribution in [0.15, 0.2) is 48.6 Å². The van der Waals surface area contributed by atoms with Crippen molar-refractivity contribution in [2.75, 3.05) is 0 Å². The van der Waals surface area contributed by atoms with Gasteiger partial charge in [0.15, 0.2) is 0 Å². The Hall–Kier alpha value is -1.38. The maximum absolute atomic E-state index is 11.3. The van der Waals surface area contributed by atoms with E-state index < -0.39 is 12.2 Å². The van der Waals surface area contributed by atoms with Crippen LogP contribution in [0.3, 0.4) is 0 Å². The van der Waals surface area contributed by atoms with Gasteiger partial charge in [0, 0.05) is 5.41 Å². The van der Waals surface area contributed by atoms with Crippen molar-refractivity contribution < 1.29 is 10.2 Å². The first-order chi connectivity index (χ1) is 13.1. The molecule has 0 spiro atoms. The highest BCUT2D eigenvalue weighted by atomic mass is 16.3. The molecule has 0 amide bonds. The predicted molar refractivity (Wildman–Crippen MR) is 113 cm³/mol. The molecule has 2 aliphatic rings. The van der Waals surface area contributed by atoms with Gasteiger partial charge in [-0.1, -0.05) is 87.6 Å². The van der Waals surface area contributed by atoms with Crippen molar-refractivity contribution >= 4 is 5.57 Å². The van der Waals surface area contributed by atoms with Gasteiger partial charge in [-0.05, 0) is 49.2 Å². The molecule has 2 aliphatic carbocycles. The van der Waals surface area contributed by atoms with Gasteiger partial charge >= 0.3 is 0 Å². The second-order valence-electron chi connectivity index (χ2n) is 8.59. The van der Waals surface area contributed by atoms with Crippen molar-refractivity contribution in [2.24, 2.45) is 17.3 Å². The molecule has 0 radical (unpaired) electrons. The van der Waals surface area contributed by atoms with Crippen molar-refractivity contribution in [3.05, 3.63) is 54.1 Å². The maximum Gasteiger partial charge on any atom is 0.0895 e. The number of aliphatic hydroxyl groups is 2. The number of hydrogen-bond acceptors (Lipinski definition) is 2. The first-order valence-electron chi connectivity index (χ1n) is 10.9. The zero-order valence-electron chi connectivity index (χ0n) is 17.0. The highest BCUT2D eigenvalue weighted by molar-refractivity contribution is 5.75. The minimum atomic E-state index is -0.715. The van der Waals surface area contributed by atoms with Crippen LogP contribution in [0.25, 0.3) is 5.57 Å². The monoisotopic (exact) mass is 368 g/mol. The molecule has 1 fully saturated rings. The lowest BCUT2D eigenvalue weighted by Gasteiger charge is -2.50. The van der Waals surface area contributed by atoms with Crippen LogP contribution in [0.2, 0.25) is 0 Å². The lowest BCUT2D eigenvalue weighted by molar-refractivity contribution is -0.0895. The first kappa shape index (κ1) is 20.4. The van der Waals surface area contributed by atoms with Crippen LogP contribution in [-0.2, 0) is 0 Å². The van der Waals surface area contributed by atoms with E-state index in [1.165, 1.54) is 30.4 Å². The third-order valence-corrected chi connectivity index (χ3v) is 6.83. The quantitative estimate of drug-likeness (QED) is 0.643. The van der Waals surface area contributed by atoms with E-state index in [1.807, 2.05) is 0 Å². The summed E-state index contributed by atoms with van der Waals surface area (Å²) < 4.78 is 0. The summed E-state index contributed by atoms with van der Waals surface area (Å²) in [6, 6.07) is 10.5. The van der Waals surface area contributed by atoms with Crippen LogP contribution in [0.5, 0.6) is 0 Å². The van der Waals surface area contributed by atoms with Gasteiger partial charge < -0.3 is 10.2 Å². The van der Waals surface area contributed by atoms with Crippen LogP contribution in [0.1, 0.15) is 70.8 Å². The number of aliphatic hydroxyl groups excluding tert-OH is 2. The molecule has 1 aromatic carbocycles. The van der Waals surface area contributed by atoms with E-state index >= 15 is 0 Å². The van der Waals surface area contributed by atoms with Crippen LogP contribution in [0.4, 0.5) is 0 Å². The zero-order chi connectivity index (χ0) is 19.3. The molecule has 0 heterocycles. The molecule has 0 saturated heterocycles. The lowest BCUT2D eigenvalue weighted by atomic mass is 9.55. The van der Waals surface area contributed by atoms with E-state index in [9.17, 15) is 10.2 Å². The SMILES string of the molecule is CCCCC1C=C(c2ccccc2)C=CC1(C1CCCCC1)C(O)C(C)O. The standard InChI is InChI=1S/C25H36O2/c1-3-4-13-23-18-21(20-11-7-5-8-12-20)16-17-25(23,24(27)19(2)26)22-14-9-6-10-15-22/h5,7-8,11-12,16-19,22-24,26-27H,3-4,6,9-10,13-15H2,1-2H3. The summed E-state index contributed by atoms with van der Waals surface area (Å²) in [5.74, 6) is 0.716. The van der Waals surface area contributed by atoms with Gasteiger partial charge in [0.05, 0.1) is 12.2 Å². The van der Waals surface area contributed by atoms with Gasteiger partial charge in [0.1, 0.15) is 0 Å². The Morgan fingerprint density at radius 1 is 1.07 bits per heavy atom. The summed E-state index contributed by atoms with van der Waals surface area (Å²) in [6.45, 7) is 3.98. The molecule has 0 aromatic heterocycles. The molecule has 0 bridgehead atoms. The summed E-state index contributed by atoms with van der Waals surface area (Å²) in [5, 5.41) is 21.6. The van der Waals surface area contributed by atoms with Crippen LogP contribution in [-0.4, -0.2) is 22.4 Å². The van der Waals surface area contributed by atoms with Crippen LogP contribution >= 0.6 is 0 Å². The van der Waals surface area contributed by atoms with Crippen molar-refractivity contribution in [1.82, 2.24) is 0 Å². The van der Waals surface area contributed by atoms with Crippen molar-refractivity contribution in [3.63, 3.8) is 0 Å². The number of benzene rings is 1. The summed E-state index contributed by atoms with van der Waals surface area (Å²) in [7, 11) is 0. The summed E-state index contributed by atoms with van der Waals surface area (Å²) in [5.41, 5.74) is 2.14. The molecule has 2 nitrogen and oxygen atoms in total. The fourth-order valence-corrected chi connectivity index (χ4v) is 5.37. The zero-order valence-corrected chi connectivity index (χ0v) is 17.0. The first-order valence-corrected chi connectivity index (χ1v) is 10.9. The molecule has 4 unspecified atom stereocenters. The van der Waals surface area contributed by atoms with E-state index in [1.54, 1.807) is 6.92 Å². The summed E-state index contributed by atoms with van der Waals surface area (Å²) in [4.78, 5) is 0. The second kappa shape index (κ2) is 9.21. The van der Waals surface area contributed by atoms with Gasteiger partial charge in [-0.25, -0.2) is 0 Å². The third kappa shape index (κ3) is 4.22. The lowest BCUT2D eigenvalue weighted by Crippen LogP contribution is -2.51. The van der Waals surface area contributed by atoms with Gasteiger partial charge in [-0.2, -0.15) is 0 Å². The molecule has 1 saturated carbocycles. The minimum absolute atomic E-state index is 0.269. The Kier molecular flexibility index (Phi) is 6.94. The molecule has 2 N–H and O–H groups in total. The van der Waals surface area contributed by atoms with E-state index in [0.29, 0.717) is 5.92 Å². The Labute approximate surface area is 165 Å². The Morgan fingerprint density at radius 3 is 2.41 bits per heavy atom. The van der Waals surface area contributed by atoms with Crippen molar-refractivity contribution in [3.8, 4) is 0 Å². The Bertz CT molecular complexity index is 640. The normalized spacial score (nSPS) is 28.6. The molecule has 27 heavy (non-hydrogen) atoms. The predicted octanol–water partition coefficient (Wildman–Crippen LogP) is 5.75.